The molecule has 2 aromatic rings. The number of piperidine rings is 1. The van der Waals surface area contributed by atoms with Gasteiger partial charge in [0.15, 0.2) is 0 Å². The molecule has 148 valence electrons. The lowest BCUT2D eigenvalue weighted by molar-refractivity contribution is -0.0935. The van der Waals surface area contributed by atoms with E-state index in [4.69, 9.17) is 15.2 Å². The Kier molecular flexibility index (Phi) is 4.27. The predicted molar refractivity (Wildman–Crippen MR) is 104 cm³/mol. The molecular formula is C21H26N4O3. The van der Waals surface area contributed by atoms with E-state index in [1.807, 2.05) is 4.90 Å². The van der Waals surface area contributed by atoms with E-state index < -0.39 is 0 Å². The average Bonchev–Trinajstić information content (AvgIpc) is 3.45. The zero-order chi connectivity index (χ0) is 19.1. The minimum Gasteiger partial charge on any atom is -0.493 e. The van der Waals surface area contributed by atoms with Crippen molar-refractivity contribution in [1.29, 1.82) is 0 Å². The van der Waals surface area contributed by atoms with Crippen LogP contribution in [0.1, 0.15) is 47.3 Å². The van der Waals surface area contributed by atoms with Gasteiger partial charge in [-0.2, -0.15) is 5.10 Å². The van der Waals surface area contributed by atoms with Crippen LogP contribution in [0.15, 0.2) is 24.3 Å². The second kappa shape index (κ2) is 6.81. The summed E-state index contributed by atoms with van der Waals surface area (Å²) in [4.78, 5) is 14.5. The van der Waals surface area contributed by atoms with Crippen LogP contribution in [0.5, 0.6) is 5.75 Å². The van der Waals surface area contributed by atoms with Crippen LogP contribution in [-0.2, 0) is 16.8 Å². The van der Waals surface area contributed by atoms with Crippen molar-refractivity contribution in [2.24, 2.45) is 5.92 Å². The quantitative estimate of drug-likeness (QED) is 0.847. The molecule has 28 heavy (non-hydrogen) atoms. The van der Waals surface area contributed by atoms with Crippen molar-refractivity contribution in [2.45, 2.75) is 37.7 Å². The third-order valence-electron chi connectivity index (χ3n) is 6.19. The number of rotatable bonds is 4. The van der Waals surface area contributed by atoms with Crippen LogP contribution in [0, 0.1) is 5.92 Å². The summed E-state index contributed by atoms with van der Waals surface area (Å²) in [7, 11) is 0. The number of ether oxygens (including phenoxy) is 2. The van der Waals surface area contributed by atoms with Gasteiger partial charge < -0.3 is 20.1 Å². The first-order valence-corrected chi connectivity index (χ1v) is 10.1. The third kappa shape index (κ3) is 3.24. The maximum absolute atomic E-state index is 12.6. The number of aromatic nitrogens is 2. The Bertz CT molecular complexity index is 882. The van der Waals surface area contributed by atoms with E-state index in [1.165, 1.54) is 24.0 Å². The molecule has 0 radical (unpaired) electrons. The number of hydrogen-bond acceptors (Lipinski definition) is 5. The fourth-order valence-corrected chi connectivity index (χ4v) is 4.35. The van der Waals surface area contributed by atoms with E-state index in [0.29, 0.717) is 31.2 Å². The highest BCUT2D eigenvalue weighted by molar-refractivity contribution is 5.93. The molecule has 1 spiro atoms. The number of H-pyrrole nitrogens is 1. The van der Waals surface area contributed by atoms with E-state index in [9.17, 15) is 4.79 Å². The van der Waals surface area contributed by atoms with Gasteiger partial charge in [-0.3, -0.25) is 9.89 Å². The predicted octanol–water partition coefficient (Wildman–Crippen LogP) is 2.48. The summed E-state index contributed by atoms with van der Waals surface area (Å²) < 4.78 is 12.3. The fraction of sp³-hybridized carbons (Fsp3) is 0.524. The molecule has 7 nitrogen and oxygen atoms in total. The Labute approximate surface area is 164 Å². The number of carbonyl (C=O) groups is 1. The van der Waals surface area contributed by atoms with Crippen molar-refractivity contribution in [3.05, 3.63) is 41.1 Å². The largest absolute Gasteiger partial charge is 0.493 e. The maximum atomic E-state index is 12.6. The van der Waals surface area contributed by atoms with Crippen molar-refractivity contribution >= 4 is 11.7 Å². The zero-order valence-electron chi connectivity index (χ0n) is 15.9. The summed E-state index contributed by atoms with van der Waals surface area (Å²) in [6.07, 6.45) is 5.08. The summed E-state index contributed by atoms with van der Waals surface area (Å²) in [5.74, 6) is 1.99. The monoisotopic (exact) mass is 382 g/mol. The van der Waals surface area contributed by atoms with Crippen LogP contribution < -0.4 is 10.5 Å². The van der Waals surface area contributed by atoms with Gasteiger partial charge in [-0.15, -0.1) is 0 Å². The van der Waals surface area contributed by atoms with E-state index in [-0.39, 0.29) is 11.5 Å². The van der Waals surface area contributed by atoms with Crippen molar-refractivity contribution in [1.82, 2.24) is 15.1 Å². The standard InChI is InChI=1S/C21H26N4O3/c22-19-12-18(23-24-19)20(26)25-8-6-21(7-9-25)17-4-3-16(27-13-14-1-2-14)11-15(17)5-10-28-21/h3-4,11-12,14H,1-2,5-10,13H2,(H3,22,23,24). The molecule has 1 aromatic heterocycles. The molecule has 2 fully saturated rings. The number of nitrogens with zero attached hydrogens (tertiary/aromatic N) is 2. The molecule has 3 heterocycles. The van der Waals surface area contributed by atoms with Crippen LogP contribution in [-0.4, -0.2) is 47.3 Å². The Morgan fingerprint density at radius 2 is 2.14 bits per heavy atom. The van der Waals surface area contributed by atoms with Crippen molar-refractivity contribution in [2.75, 3.05) is 32.0 Å². The van der Waals surface area contributed by atoms with Crippen LogP contribution in [0.4, 0.5) is 5.82 Å². The minimum absolute atomic E-state index is 0.0566. The summed E-state index contributed by atoms with van der Waals surface area (Å²) in [5, 5.41) is 6.56. The van der Waals surface area contributed by atoms with Gasteiger partial charge in [0.05, 0.1) is 18.8 Å². The normalized spacial score (nSPS) is 20.8. The Morgan fingerprint density at radius 3 is 2.86 bits per heavy atom. The van der Waals surface area contributed by atoms with Crippen LogP contribution in [0.3, 0.4) is 0 Å². The molecule has 7 heteroatoms. The second-order valence-corrected chi connectivity index (χ2v) is 8.16. The van der Waals surface area contributed by atoms with E-state index in [0.717, 1.165) is 37.5 Å². The van der Waals surface area contributed by atoms with Gasteiger partial charge in [0.2, 0.25) is 0 Å². The maximum Gasteiger partial charge on any atom is 0.271 e. The molecule has 3 aliphatic rings. The van der Waals surface area contributed by atoms with Crippen molar-refractivity contribution < 1.29 is 14.3 Å². The number of nitrogen functional groups attached to an aromatic ring is 1. The Balaban J connectivity index is 1.30. The SMILES string of the molecule is Nc1cc(C(=O)N2CCC3(CC2)OCCc2cc(OCC4CC4)ccc23)[nH]n1. The highest BCUT2D eigenvalue weighted by atomic mass is 16.5. The number of nitrogens with two attached hydrogens (primary N) is 1. The van der Waals surface area contributed by atoms with Gasteiger partial charge in [0, 0.05) is 19.2 Å². The number of benzene rings is 1. The van der Waals surface area contributed by atoms with Gasteiger partial charge in [0.1, 0.15) is 17.3 Å². The van der Waals surface area contributed by atoms with Gasteiger partial charge in [-0.25, -0.2) is 0 Å². The fourth-order valence-electron chi connectivity index (χ4n) is 4.35. The summed E-state index contributed by atoms with van der Waals surface area (Å²) in [5.41, 5.74) is 8.34. The molecule has 1 aromatic carbocycles. The van der Waals surface area contributed by atoms with Crippen LogP contribution in [0.2, 0.25) is 0 Å². The highest BCUT2D eigenvalue weighted by Gasteiger charge is 2.42. The number of carbonyl (C=O) groups excluding carboxylic acids is 1. The summed E-state index contributed by atoms with van der Waals surface area (Å²) >= 11 is 0. The molecular weight excluding hydrogens is 356 g/mol. The van der Waals surface area contributed by atoms with Gasteiger partial charge in [-0.05, 0) is 61.3 Å². The van der Waals surface area contributed by atoms with E-state index in [1.54, 1.807) is 6.07 Å². The van der Waals surface area contributed by atoms with E-state index in [2.05, 4.69) is 28.4 Å². The summed E-state index contributed by atoms with van der Waals surface area (Å²) in [6, 6.07) is 8.02. The van der Waals surface area contributed by atoms with Gasteiger partial charge in [-0.1, -0.05) is 6.07 Å². The number of nitrogens with one attached hydrogen (secondary N) is 1. The summed E-state index contributed by atoms with van der Waals surface area (Å²) in [6.45, 7) is 2.84. The number of anilines is 1. The lowest BCUT2D eigenvalue weighted by atomic mass is 9.79. The van der Waals surface area contributed by atoms with Crippen LogP contribution >= 0.6 is 0 Å². The van der Waals surface area contributed by atoms with Gasteiger partial charge >= 0.3 is 0 Å². The number of fused-ring (bicyclic) bond motifs is 2. The first-order chi connectivity index (χ1) is 13.6. The Morgan fingerprint density at radius 1 is 1.32 bits per heavy atom. The molecule has 5 rings (SSSR count). The lowest BCUT2D eigenvalue weighted by Gasteiger charge is -2.45. The molecule has 1 aliphatic carbocycles. The van der Waals surface area contributed by atoms with E-state index >= 15 is 0 Å². The zero-order valence-corrected chi connectivity index (χ0v) is 15.9. The Hall–Kier alpha value is -2.54. The first kappa shape index (κ1) is 17.6. The number of aromatic amines is 1. The number of hydrogen-bond donors (Lipinski definition) is 2. The van der Waals surface area contributed by atoms with Crippen molar-refractivity contribution in [3.63, 3.8) is 0 Å². The molecule has 3 N–H and O–H groups in total. The molecule has 2 aliphatic heterocycles. The molecule has 0 bridgehead atoms. The highest BCUT2D eigenvalue weighted by Crippen LogP contribution is 2.42. The average molecular weight is 382 g/mol. The molecule has 1 amide bonds. The molecule has 0 unspecified atom stereocenters. The lowest BCUT2D eigenvalue weighted by Crippen LogP contribution is -2.48. The third-order valence-corrected chi connectivity index (χ3v) is 6.19. The number of likely N-dealkylation sites (tertiary alicyclic amines) is 1. The topological polar surface area (TPSA) is 93.5 Å². The molecule has 1 saturated carbocycles. The molecule has 0 atom stereocenters. The smallest absolute Gasteiger partial charge is 0.271 e. The minimum atomic E-state index is -0.299. The first-order valence-electron chi connectivity index (χ1n) is 10.1. The second-order valence-electron chi connectivity index (χ2n) is 8.16. The number of amides is 1. The molecule has 1 saturated heterocycles. The van der Waals surface area contributed by atoms with Crippen LogP contribution in [0.25, 0.3) is 0 Å². The van der Waals surface area contributed by atoms with Crippen molar-refractivity contribution in [3.8, 4) is 5.75 Å². The van der Waals surface area contributed by atoms with Gasteiger partial charge in [0.25, 0.3) is 5.91 Å².